The Labute approximate surface area is 462 Å². The van der Waals surface area contributed by atoms with Gasteiger partial charge in [0.25, 0.3) is 0 Å². The van der Waals surface area contributed by atoms with Crippen LogP contribution in [0, 0.1) is 0 Å². The minimum absolute atomic E-state index is 0.0972. The van der Waals surface area contributed by atoms with Crippen molar-refractivity contribution in [3.63, 3.8) is 0 Å². The Morgan fingerprint density at radius 1 is 0.382 bits per heavy atom. The molecule has 3 unspecified atom stereocenters. The average Bonchev–Trinajstić information content (AvgIpc) is 3.41. The van der Waals surface area contributed by atoms with E-state index in [9.17, 15) is 28.9 Å². The van der Waals surface area contributed by atoms with Crippen LogP contribution in [0.2, 0.25) is 0 Å². The van der Waals surface area contributed by atoms with Crippen LogP contribution in [-0.4, -0.2) is 66.5 Å². The van der Waals surface area contributed by atoms with Gasteiger partial charge in [0, 0.05) is 19.3 Å². The first-order valence-electron chi connectivity index (χ1n) is 29.4. The zero-order chi connectivity index (χ0) is 55.5. The van der Waals surface area contributed by atoms with E-state index in [2.05, 4.69) is 130 Å². The van der Waals surface area contributed by atoms with Crippen LogP contribution < -0.4 is 0 Å². The first-order chi connectivity index (χ1) is 37.2. The lowest BCUT2D eigenvalue weighted by molar-refractivity contribution is -0.161. The van der Waals surface area contributed by atoms with E-state index in [1.54, 1.807) is 0 Å². The van der Waals surface area contributed by atoms with Crippen LogP contribution >= 0.6 is 7.82 Å². The predicted molar refractivity (Wildman–Crippen MR) is 316 cm³/mol. The normalized spacial score (nSPS) is 14.2. The van der Waals surface area contributed by atoms with Gasteiger partial charge in [-0.05, 0) is 116 Å². The molecule has 0 rings (SSSR count). The summed E-state index contributed by atoms with van der Waals surface area (Å²) in [5.41, 5.74) is 0. The fourth-order valence-electron chi connectivity index (χ4n) is 7.45. The molecule has 0 saturated heterocycles. The standard InChI is InChI=1S/C64H105O11P/c1-4-7-10-13-16-19-22-25-27-29-30-32-34-37-40-43-46-49-52-55-64(68)75-61(57-71-62(66)53-50-47-44-41-38-35-24-21-18-15-12-9-6-3)59-73-76(69,70)72-58-60(56-65)74-63(67)54-51-48-45-42-39-36-33-31-28-26-23-20-17-14-11-8-5-2/h8-9,11-12,16-21,25-28,33,35-36,38,44,47,60-61,65H,4-7,10,13-15,22-24,29-32,34,37,39-43,45-46,48-59H2,1-3H3,(H,69,70)/b11-8-,12-9-,19-16-,20-17-,21-18-,27-25-,28-26-,36-33-,38-35-,47-44-. The van der Waals surface area contributed by atoms with E-state index in [0.29, 0.717) is 19.3 Å². The molecular formula is C64H105O11P. The number of hydrogen-bond acceptors (Lipinski definition) is 10. The summed E-state index contributed by atoms with van der Waals surface area (Å²) in [5, 5.41) is 9.82. The molecule has 0 radical (unpaired) electrons. The van der Waals surface area contributed by atoms with Crippen molar-refractivity contribution in [2.75, 3.05) is 26.4 Å². The van der Waals surface area contributed by atoms with Crippen molar-refractivity contribution in [3.05, 3.63) is 122 Å². The zero-order valence-electron chi connectivity index (χ0n) is 47.7. The second-order valence-electron chi connectivity index (χ2n) is 19.0. The van der Waals surface area contributed by atoms with E-state index in [-0.39, 0.29) is 25.9 Å². The predicted octanol–water partition coefficient (Wildman–Crippen LogP) is 17.6. The maximum absolute atomic E-state index is 12.9. The molecule has 76 heavy (non-hydrogen) atoms. The molecule has 0 heterocycles. The number of phosphoric ester groups is 1. The first-order valence-corrected chi connectivity index (χ1v) is 30.9. The topological polar surface area (TPSA) is 155 Å². The van der Waals surface area contributed by atoms with Crippen molar-refractivity contribution in [2.45, 2.75) is 238 Å². The molecule has 0 spiro atoms. The highest BCUT2D eigenvalue weighted by molar-refractivity contribution is 7.47. The first kappa shape index (κ1) is 71.9. The Kier molecular flexibility index (Phi) is 54.0. The van der Waals surface area contributed by atoms with Gasteiger partial charge >= 0.3 is 25.7 Å². The molecule has 0 aliphatic rings. The Morgan fingerprint density at radius 2 is 0.711 bits per heavy atom. The maximum atomic E-state index is 12.9. The van der Waals surface area contributed by atoms with Gasteiger partial charge in [-0.25, -0.2) is 4.57 Å². The highest BCUT2D eigenvalue weighted by atomic mass is 31.2. The number of hydrogen-bond donors (Lipinski definition) is 2. The van der Waals surface area contributed by atoms with Gasteiger partial charge in [0.2, 0.25) is 0 Å². The monoisotopic (exact) mass is 1080 g/mol. The van der Waals surface area contributed by atoms with Gasteiger partial charge in [0.1, 0.15) is 12.7 Å². The van der Waals surface area contributed by atoms with Crippen molar-refractivity contribution < 1.29 is 52.2 Å². The van der Waals surface area contributed by atoms with Gasteiger partial charge < -0.3 is 24.2 Å². The number of aliphatic hydroxyl groups excluding tert-OH is 1. The number of allylic oxidation sites excluding steroid dienone is 20. The lowest BCUT2D eigenvalue weighted by Crippen LogP contribution is -2.30. The minimum atomic E-state index is -4.78. The molecule has 3 atom stereocenters. The van der Waals surface area contributed by atoms with Gasteiger partial charge in [0.05, 0.1) is 19.8 Å². The van der Waals surface area contributed by atoms with E-state index in [1.165, 1.54) is 51.4 Å². The van der Waals surface area contributed by atoms with E-state index in [4.69, 9.17) is 23.3 Å². The fourth-order valence-corrected chi connectivity index (χ4v) is 8.23. The van der Waals surface area contributed by atoms with Crippen molar-refractivity contribution in [1.29, 1.82) is 0 Å². The molecular weight excluding hydrogens is 976 g/mol. The molecule has 11 nitrogen and oxygen atoms in total. The lowest BCUT2D eigenvalue weighted by atomic mass is 10.1. The summed E-state index contributed by atoms with van der Waals surface area (Å²) < 4.78 is 39.4. The number of unbranched alkanes of at least 4 members (excludes halogenated alkanes) is 16. The molecule has 0 saturated carbocycles. The molecule has 432 valence electrons. The SMILES string of the molecule is CC/C=C\C/C=C\C/C=C\C/C=C\CCCCCCC(=O)OC(CO)COP(=O)(O)OCC(COC(=O)CC/C=C\C/C=C\C/C=C\C/C=C\CC)OC(=O)CCCCCCCCCCC/C=C\C/C=C\CCCCC. The Bertz CT molecular complexity index is 1740. The highest BCUT2D eigenvalue weighted by Gasteiger charge is 2.28. The minimum Gasteiger partial charge on any atom is -0.462 e. The largest absolute Gasteiger partial charge is 0.472 e. The van der Waals surface area contributed by atoms with Crippen LogP contribution in [0.25, 0.3) is 0 Å². The van der Waals surface area contributed by atoms with Crippen LogP contribution in [0.4, 0.5) is 0 Å². The number of rotatable bonds is 53. The molecule has 0 aliphatic carbocycles. The van der Waals surface area contributed by atoms with Crippen LogP contribution in [0.5, 0.6) is 0 Å². The van der Waals surface area contributed by atoms with E-state index >= 15 is 0 Å². The third-order valence-corrected chi connectivity index (χ3v) is 12.8. The highest BCUT2D eigenvalue weighted by Crippen LogP contribution is 2.43. The van der Waals surface area contributed by atoms with Crippen LogP contribution in [-0.2, 0) is 42.2 Å². The Morgan fingerprint density at radius 3 is 1.11 bits per heavy atom. The average molecular weight is 1080 g/mol. The molecule has 2 N–H and O–H groups in total. The summed E-state index contributed by atoms with van der Waals surface area (Å²) in [6.07, 6.45) is 70.3. The van der Waals surface area contributed by atoms with Crippen LogP contribution in [0.15, 0.2) is 122 Å². The second kappa shape index (κ2) is 57.1. The molecule has 0 bridgehead atoms. The molecule has 0 aromatic carbocycles. The molecule has 0 amide bonds. The number of carbonyl (C=O) groups is 3. The summed E-state index contributed by atoms with van der Waals surface area (Å²) in [4.78, 5) is 48.5. The zero-order valence-corrected chi connectivity index (χ0v) is 48.6. The van der Waals surface area contributed by atoms with Gasteiger partial charge in [0.15, 0.2) is 6.10 Å². The van der Waals surface area contributed by atoms with Crippen molar-refractivity contribution in [3.8, 4) is 0 Å². The van der Waals surface area contributed by atoms with Crippen LogP contribution in [0.1, 0.15) is 226 Å². The van der Waals surface area contributed by atoms with E-state index in [0.717, 1.165) is 116 Å². The summed E-state index contributed by atoms with van der Waals surface area (Å²) in [5.74, 6) is -1.60. The number of ether oxygens (including phenoxy) is 3. The second-order valence-corrected chi connectivity index (χ2v) is 20.5. The third-order valence-electron chi connectivity index (χ3n) is 11.9. The molecule has 12 heteroatoms. The van der Waals surface area contributed by atoms with E-state index in [1.807, 2.05) is 12.2 Å². The third kappa shape index (κ3) is 54.7. The van der Waals surface area contributed by atoms with Gasteiger partial charge in [-0.1, -0.05) is 213 Å². The summed E-state index contributed by atoms with van der Waals surface area (Å²) >= 11 is 0. The Hall–Kier alpha value is -4.12. The fraction of sp³-hybridized carbons (Fsp3) is 0.641. The summed E-state index contributed by atoms with van der Waals surface area (Å²) in [6.45, 7) is 4.27. The number of esters is 3. The van der Waals surface area contributed by atoms with Crippen molar-refractivity contribution in [2.24, 2.45) is 0 Å². The maximum Gasteiger partial charge on any atom is 0.472 e. The quantitative estimate of drug-likeness (QED) is 0.0197. The molecule has 0 fully saturated rings. The molecule has 0 aliphatic heterocycles. The van der Waals surface area contributed by atoms with E-state index < -0.39 is 57.8 Å². The van der Waals surface area contributed by atoms with Gasteiger partial charge in [-0.2, -0.15) is 0 Å². The van der Waals surface area contributed by atoms with Crippen molar-refractivity contribution in [1.82, 2.24) is 0 Å². The lowest BCUT2D eigenvalue weighted by Gasteiger charge is -2.21. The number of carbonyl (C=O) groups excluding carboxylic acids is 3. The summed E-state index contributed by atoms with van der Waals surface area (Å²) in [6, 6.07) is 0. The van der Waals surface area contributed by atoms with Crippen LogP contribution in [0.3, 0.4) is 0 Å². The van der Waals surface area contributed by atoms with Gasteiger partial charge in [-0.3, -0.25) is 23.4 Å². The van der Waals surface area contributed by atoms with Crippen molar-refractivity contribution >= 4 is 25.7 Å². The molecule has 0 aromatic rings. The molecule has 0 aromatic heterocycles. The number of aliphatic hydroxyl groups is 1. The number of phosphoric acid groups is 1. The van der Waals surface area contributed by atoms with Gasteiger partial charge in [-0.15, -0.1) is 0 Å². The summed E-state index contributed by atoms with van der Waals surface area (Å²) in [7, 11) is -4.78. The Balaban J connectivity index is 4.79. The smallest absolute Gasteiger partial charge is 0.462 e.